The van der Waals surface area contributed by atoms with Crippen molar-refractivity contribution >= 4 is 21.2 Å². The van der Waals surface area contributed by atoms with Crippen LogP contribution in [0.25, 0.3) is 0 Å². The van der Waals surface area contributed by atoms with Crippen LogP contribution in [0.4, 0.5) is 0 Å². The molecule has 0 aliphatic rings. The molecule has 1 rings (SSSR count). The molecule has 0 saturated heterocycles. The summed E-state index contributed by atoms with van der Waals surface area (Å²) in [6, 6.07) is 7.42. The minimum Gasteiger partial charge on any atom is -0.474 e. The second-order valence-corrected chi connectivity index (χ2v) is 5.33. The van der Waals surface area contributed by atoms with Crippen molar-refractivity contribution in [1.29, 1.82) is 0 Å². The third kappa shape index (κ3) is 7.12. The van der Waals surface area contributed by atoms with Crippen molar-refractivity contribution in [2.24, 2.45) is 0 Å². The van der Waals surface area contributed by atoms with Crippen LogP contribution < -0.4 is 5.30 Å². The number of rotatable bonds is 5. The second-order valence-electron chi connectivity index (χ2n) is 2.64. The molecule has 0 bridgehead atoms. The molecule has 0 amide bonds. The van der Waals surface area contributed by atoms with Gasteiger partial charge in [-0.3, -0.25) is 4.57 Å². The Kier molecular flexibility index (Phi) is 8.12. The fraction of sp³-hybridized carbons (Fsp3) is 0. The summed E-state index contributed by atoms with van der Waals surface area (Å²) in [5.41, 5.74) is 0. The van der Waals surface area contributed by atoms with E-state index in [0.29, 0.717) is 0 Å². The number of ether oxygens (including phenoxy) is 1. The van der Waals surface area contributed by atoms with Gasteiger partial charge >= 0.3 is 15.9 Å². The van der Waals surface area contributed by atoms with E-state index in [1.165, 1.54) is 36.8 Å². The minimum absolute atomic E-state index is 0.00704. The molecule has 18 heavy (non-hydrogen) atoms. The molecule has 0 radical (unpaired) electrons. The van der Waals surface area contributed by atoms with E-state index in [9.17, 15) is 9.13 Å². The maximum absolute atomic E-state index is 11.2. The Morgan fingerprint density at radius 3 is 2.06 bits per heavy atom. The maximum atomic E-state index is 11.2. The lowest BCUT2D eigenvalue weighted by Crippen LogP contribution is -2.03. The van der Waals surface area contributed by atoms with E-state index in [2.05, 4.69) is 22.2 Å². The van der Waals surface area contributed by atoms with Gasteiger partial charge in [0.1, 0.15) is 0 Å². The fourth-order valence-corrected chi connectivity index (χ4v) is 2.51. The van der Waals surface area contributed by atoms with Crippen molar-refractivity contribution in [1.82, 2.24) is 0 Å². The van der Waals surface area contributed by atoms with Crippen LogP contribution in [0.1, 0.15) is 0 Å². The lowest BCUT2D eigenvalue weighted by molar-refractivity contribution is 0.360. The molecule has 0 aliphatic carbocycles. The Morgan fingerprint density at radius 1 is 1.22 bits per heavy atom. The van der Waals surface area contributed by atoms with Gasteiger partial charge in [0, 0.05) is 4.57 Å². The van der Waals surface area contributed by atoms with E-state index in [1.54, 1.807) is 6.07 Å². The zero-order chi connectivity index (χ0) is 14.0. The summed E-state index contributed by atoms with van der Waals surface area (Å²) in [5.74, 6) is 0. The monoisotopic (exact) mass is 291 g/mol. The van der Waals surface area contributed by atoms with E-state index in [0.717, 1.165) is 0 Å². The molecule has 2 N–H and O–H groups in total. The Labute approximate surface area is 106 Å². The molecule has 0 fully saturated rings. The molecular weight excluding hydrogens is 278 g/mol. The first-order chi connectivity index (χ1) is 8.44. The average molecular weight is 291 g/mol. The summed E-state index contributed by atoms with van der Waals surface area (Å²) in [4.78, 5) is 17.4. The maximum Gasteiger partial charge on any atom is 0.703 e. The zero-order valence-corrected chi connectivity index (χ0v) is 11.2. The molecule has 0 spiro atoms. The smallest absolute Gasteiger partial charge is 0.474 e. The average Bonchev–Trinajstić information content (AvgIpc) is 2.30. The predicted octanol–water partition coefficient (Wildman–Crippen LogP) is 2.45. The van der Waals surface area contributed by atoms with Crippen molar-refractivity contribution in [3.8, 4) is 0 Å². The van der Waals surface area contributed by atoms with Gasteiger partial charge in [-0.1, -0.05) is 31.4 Å². The van der Waals surface area contributed by atoms with Crippen LogP contribution in [0.2, 0.25) is 0 Å². The lowest BCUT2D eigenvalue weighted by Gasteiger charge is -2.01. The highest BCUT2D eigenvalue weighted by atomic mass is 31.2. The van der Waals surface area contributed by atoms with Gasteiger partial charge in [0.2, 0.25) is 0 Å². The van der Waals surface area contributed by atoms with Crippen LogP contribution >= 0.6 is 15.9 Å². The molecule has 8 heteroatoms. The molecule has 0 aliphatic heterocycles. The molecule has 6 nitrogen and oxygen atoms in total. The van der Waals surface area contributed by atoms with E-state index >= 15 is 0 Å². The SMILES string of the molecule is C=COC=C.O=[P+](O)OP(=O)(O)c1ccccc1. The van der Waals surface area contributed by atoms with Gasteiger partial charge in [-0.15, -0.1) is 4.89 Å². The highest BCUT2D eigenvalue weighted by Gasteiger charge is 2.34. The van der Waals surface area contributed by atoms with Gasteiger partial charge in [-0.25, -0.2) is 0 Å². The Morgan fingerprint density at radius 2 is 1.72 bits per heavy atom. The third-order valence-corrected chi connectivity index (χ3v) is 3.85. The number of hydrogen-bond donors (Lipinski definition) is 2. The van der Waals surface area contributed by atoms with Crippen LogP contribution in [0.3, 0.4) is 0 Å². The number of benzene rings is 1. The van der Waals surface area contributed by atoms with Crippen molar-refractivity contribution in [2.45, 2.75) is 0 Å². The molecule has 1 aromatic rings. The Hall–Kier alpha value is -1.29. The van der Waals surface area contributed by atoms with Crippen LogP contribution in [-0.4, -0.2) is 9.79 Å². The fourth-order valence-electron chi connectivity index (χ4n) is 0.826. The van der Waals surface area contributed by atoms with Gasteiger partial charge < -0.3 is 9.63 Å². The molecule has 0 aromatic heterocycles. The zero-order valence-electron chi connectivity index (χ0n) is 9.38. The second kappa shape index (κ2) is 8.75. The first kappa shape index (κ1) is 16.7. The van der Waals surface area contributed by atoms with Gasteiger partial charge in [0.15, 0.2) is 0 Å². The molecule has 1 aromatic carbocycles. The minimum atomic E-state index is -4.13. The van der Waals surface area contributed by atoms with Crippen molar-refractivity contribution in [2.75, 3.05) is 0 Å². The molecule has 0 heterocycles. The highest BCUT2D eigenvalue weighted by Crippen LogP contribution is 2.48. The van der Waals surface area contributed by atoms with Crippen LogP contribution in [0.5, 0.6) is 0 Å². The van der Waals surface area contributed by atoms with E-state index < -0.39 is 15.9 Å². The molecular formula is C10H13O6P2+. The molecule has 2 unspecified atom stereocenters. The molecule has 98 valence electrons. The summed E-state index contributed by atoms with van der Waals surface area (Å²) in [7, 11) is -7.21. The summed E-state index contributed by atoms with van der Waals surface area (Å²) < 4.78 is 29.8. The van der Waals surface area contributed by atoms with Gasteiger partial charge in [0.25, 0.3) is 0 Å². The van der Waals surface area contributed by atoms with Crippen LogP contribution in [-0.2, 0) is 18.2 Å². The summed E-state index contributed by atoms with van der Waals surface area (Å²) >= 11 is 0. The lowest BCUT2D eigenvalue weighted by atomic mass is 10.4. The predicted molar refractivity (Wildman–Crippen MR) is 68.3 cm³/mol. The normalized spacial score (nSPS) is 13.3. The Bertz CT molecular complexity index is 439. The molecule has 2 atom stereocenters. The van der Waals surface area contributed by atoms with Crippen molar-refractivity contribution in [3.63, 3.8) is 0 Å². The largest absolute Gasteiger partial charge is 0.703 e. The summed E-state index contributed by atoms with van der Waals surface area (Å²) in [5, 5.41) is -0.00704. The van der Waals surface area contributed by atoms with Crippen LogP contribution in [0, 0.1) is 0 Å². The first-order valence-electron chi connectivity index (χ1n) is 4.55. The van der Waals surface area contributed by atoms with Crippen molar-refractivity contribution in [3.05, 3.63) is 56.0 Å². The van der Waals surface area contributed by atoms with E-state index in [-0.39, 0.29) is 5.30 Å². The van der Waals surface area contributed by atoms with Gasteiger partial charge in [-0.05, 0) is 16.4 Å². The topological polar surface area (TPSA) is 93.1 Å². The molecule has 0 saturated carbocycles. The van der Waals surface area contributed by atoms with E-state index in [4.69, 9.17) is 9.79 Å². The highest BCUT2D eigenvalue weighted by molar-refractivity contribution is 7.66. The quantitative estimate of drug-likeness (QED) is 0.639. The third-order valence-electron chi connectivity index (χ3n) is 1.46. The van der Waals surface area contributed by atoms with E-state index in [1.807, 2.05) is 0 Å². The van der Waals surface area contributed by atoms with Crippen LogP contribution in [0.15, 0.2) is 56.0 Å². The Balaban J connectivity index is 0.000000494. The summed E-state index contributed by atoms with van der Waals surface area (Å²) in [6.07, 6.45) is 2.62. The number of hydrogen-bond acceptors (Lipinski definition) is 4. The standard InChI is InChI=1S/C6H6O5P2.C4H6O/c7-12(8)11-13(9,10)6-4-2-1-3-5-6;1-3-5-4-2/h1-5H,(H-,7,8,9,10);3-4H,1-2H2/p+1. The summed E-state index contributed by atoms with van der Waals surface area (Å²) in [6.45, 7) is 6.51. The van der Waals surface area contributed by atoms with Gasteiger partial charge in [-0.2, -0.15) is 0 Å². The first-order valence-corrected chi connectivity index (χ1v) is 7.26. The van der Waals surface area contributed by atoms with Crippen molar-refractivity contribution < 1.29 is 28.0 Å². The van der Waals surface area contributed by atoms with Gasteiger partial charge in [0.05, 0.1) is 17.8 Å².